The molecule has 0 amide bonds. The Morgan fingerprint density at radius 3 is 2.87 bits per heavy atom. The molecule has 1 aromatic carbocycles. The summed E-state index contributed by atoms with van der Waals surface area (Å²) in [6.07, 6.45) is 1.07. The Morgan fingerprint density at radius 1 is 1.40 bits per heavy atom. The Bertz CT molecular complexity index is 354. The van der Waals surface area contributed by atoms with Crippen LogP contribution in [0, 0.1) is 0 Å². The maximum Gasteiger partial charge on any atom is 0.0637 e. The number of rotatable bonds is 2. The quantitative estimate of drug-likeness (QED) is 0.867. The zero-order valence-electron chi connectivity index (χ0n) is 8.42. The molecule has 0 aliphatic carbocycles. The van der Waals surface area contributed by atoms with Gasteiger partial charge in [-0.05, 0) is 18.1 Å². The van der Waals surface area contributed by atoms with Gasteiger partial charge in [0, 0.05) is 25.7 Å². The molecule has 1 fully saturated rings. The smallest absolute Gasteiger partial charge is 0.0637 e. The van der Waals surface area contributed by atoms with Gasteiger partial charge in [-0.25, -0.2) is 0 Å². The molecular weight excluding hydrogens is 231 g/mol. The normalized spacial score (nSPS) is 22.2. The number of halogens is 2. The minimum Gasteiger partial charge on any atom is -0.326 e. The molecule has 0 aromatic heterocycles. The summed E-state index contributed by atoms with van der Waals surface area (Å²) in [4.78, 5) is 2.31. The van der Waals surface area contributed by atoms with Crippen molar-refractivity contribution in [2.75, 3.05) is 13.1 Å². The first-order valence-electron chi connectivity index (χ1n) is 5.07. The second kappa shape index (κ2) is 4.71. The fourth-order valence-corrected chi connectivity index (χ4v) is 2.30. The van der Waals surface area contributed by atoms with Crippen LogP contribution in [-0.2, 0) is 6.54 Å². The van der Waals surface area contributed by atoms with E-state index in [1.165, 1.54) is 0 Å². The lowest BCUT2D eigenvalue weighted by atomic mass is 10.2. The van der Waals surface area contributed by atoms with Crippen LogP contribution in [0.4, 0.5) is 0 Å². The fraction of sp³-hybridized carbons (Fsp3) is 0.455. The topological polar surface area (TPSA) is 29.3 Å². The number of benzene rings is 1. The monoisotopic (exact) mass is 244 g/mol. The number of likely N-dealkylation sites (tertiary alicyclic amines) is 1. The molecular formula is C11H14Cl2N2. The molecule has 0 unspecified atom stereocenters. The minimum atomic E-state index is 0.308. The van der Waals surface area contributed by atoms with E-state index in [4.69, 9.17) is 28.9 Å². The van der Waals surface area contributed by atoms with Gasteiger partial charge >= 0.3 is 0 Å². The Morgan fingerprint density at radius 2 is 2.20 bits per heavy atom. The Labute approximate surface area is 100.0 Å². The zero-order valence-corrected chi connectivity index (χ0v) is 9.93. The molecule has 0 saturated carbocycles. The van der Waals surface area contributed by atoms with Gasteiger partial charge in [0.25, 0.3) is 0 Å². The van der Waals surface area contributed by atoms with Crippen LogP contribution in [0.3, 0.4) is 0 Å². The molecule has 2 rings (SSSR count). The van der Waals surface area contributed by atoms with Crippen molar-refractivity contribution in [2.45, 2.75) is 19.0 Å². The van der Waals surface area contributed by atoms with Gasteiger partial charge in [0.05, 0.1) is 10.0 Å². The Balaban J connectivity index is 2.07. The second-order valence-electron chi connectivity index (χ2n) is 4.00. The molecule has 1 saturated heterocycles. The first-order valence-corrected chi connectivity index (χ1v) is 5.83. The average molecular weight is 245 g/mol. The lowest BCUT2D eigenvalue weighted by molar-refractivity contribution is 0.327. The van der Waals surface area contributed by atoms with Crippen molar-refractivity contribution in [3.05, 3.63) is 33.8 Å². The molecule has 82 valence electrons. The summed E-state index contributed by atoms with van der Waals surface area (Å²) in [5.74, 6) is 0. The van der Waals surface area contributed by atoms with E-state index in [2.05, 4.69) is 4.90 Å². The van der Waals surface area contributed by atoms with E-state index >= 15 is 0 Å². The first-order chi connectivity index (χ1) is 7.16. The van der Waals surface area contributed by atoms with Gasteiger partial charge in [-0.15, -0.1) is 0 Å². The summed E-state index contributed by atoms with van der Waals surface area (Å²) < 4.78 is 0. The van der Waals surface area contributed by atoms with Gasteiger partial charge in [0.15, 0.2) is 0 Å². The second-order valence-corrected chi connectivity index (χ2v) is 4.78. The van der Waals surface area contributed by atoms with Gasteiger partial charge in [0.2, 0.25) is 0 Å². The molecule has 1 heterocycles. The van der Waals surface area contributed by atoms with Crippen LogP contribution >= 0.6 is 23.2 Å². The standard InChI is InChI=1S/C11H14Cl2N2/c12-10-3-1-2-8(11(10)13)6-15-5-4-9(14)7-15/h1-3,9H,4-7,14H2/t9-/m0/s1. The van der Waals surface area contributed by atoms with E-state index in [1.807, 2.05) is 18.2 Å². The lowest BCUT2D eigenvalue weighted by Gasteiger charge is -2.16. The van der Waals surface area contributed by atoms with Crippen molar-refractivity contribution in [1.82, 2.24) is 4.90 Å². The molecule has 1 aromatic rings. The molecule has 1 atom stereocenters. The summed E-state index contributed by atoms with van der Waals surface area (Å²) in [5.41, 5.74) is 6.93. The van der Waals surface area contributed by atoms with Crippen molar-refractivity contribution >= 4 is 23.2 Å². The summed E-state index contributed by atoms with van der Waals surface area (Å²) in [7, 11) is 0. The van der Waals surface area contributed by atoms with Crippen molar-refractivity contribution in [3.63, 3.8) is 0 Å². The van der Waals surface area contributed by atoms with Crippen LogP contribution in [0.5, 0.6) is 0 Å². The maximum absolute atomic E-state index is 6.12. The number of hydrogen-bond donors (Lipinski definition) is 1. The van der Waals surface area contributed by atoms with E-state index in [-0.39, 0.29) is 0 Å². The predicted octanol–water partition coefficient (Wildman–Crippen LogP) is 2.53. The molecule has 0 spiro atoms. The number of nitrogens with two attached hydrogens (primary N) is 1. The van der Waals surface area contributed by atoms with Crippen molar-refractivity contribution < 1.29 is 0 Å². The third-order valence-corrected chi connectivity index (χ3v) is 3.59. The van der Waals surface area contributed by atoms with Crippen molar-refractivity contribution in [2.24, 2.45) is 5.73 Å². The Kier molecular flexibility index (Phi) is 3.52. The molecule has 1 aliphatic rings. The molecule has 4 heteroatoms. The van der Waals surface area contributed by atoms with Gasteiger partial charge < -0.3 is 5.73 Å². The highest BCUT2D eigenvalue weighted by Crippen LogP contribution is 2.27. The third kappa shape index (κ3) is 2.64. The average Bonchev–Trinajstić information content (AvgIpc) is 2.59. The van der Waals surface area contributed by atoms with Crippen molar-refractivity contribution in [1.29, 1.82) is 0 Å². The summed E-state index contributed by atoms with van der Waals surface area (Å²) >= 11 is 12.1. The molecule has 0 bridgehead atoms. The fourth-order valence-electron chi connectivity index (χ4n) is 1.92. The van der Waals surface area contributed by atoms with Crippen LogP contribution < -0.4 is 5.73 Å². The predicted molar refractivity (Wildman–Crippen MR) is 64.3 cm³/mol. The molecule has 2 nitrogen and oxygen atoms in total. The highest BCUT2D eigenvalue weighted by atomic mass is 35.5. The summed E-state index contributed by atoms with van der Waals surface area (Å²) in [6, 6.07) is 6.06. The van der Waals surface area contributed by atoms with E-state index < -0.39 is 0 Å². The van der Waals surface area contributed by atoms with Gasteiger partial charge in [0.1, 0.15) is 0 Å². The van der Waals surface area contributed by atoms with Crippen LogP contribution in [0.15, 0.2) is 18.2 Å². The number of hydrogen-bond acceptors (Lipinski definition) is 2. The molecule has 2 N–H and O–H groups in total. The largest absolute Gasteiger partial charge is 0.326 e. The van der Waals surface area contributed by atoms with Crippen LogP contribution in [0.25, 0.3) is 0 Å². The zero-order chi connectivity index (χ0) is 10.8. The molecule has 1 aliphatic heterocycles. The third-order valence-electron chi connectivity index (χ3n) is 2.73. The SMILES string of the molecule is N[C@H]1CCN(Cc2cccc(Cl)c2Cl)C1. The summed E-state index contributed by atoms with van der Waals surface area (Å²) in [5, 5.41) is 1.29. The van der Waals surface area contributed by atoms with E-state index in [0.717, 1.165) is 31.6 Å². The Hall–Kier alpha value is -0.280. The van der Waals surface area contributed by atoms with Gasteiger partial charge in [-0.2, -0.15) is 0 Å². The number of nitrogens with zero attached hydrogens (tertiary/aromatic N) is 1. The van der Waals surface area contributed by atoms with E-state index in [9.17, 15) is 0 Å². The van der Waals surface area contributed by atoms with Gasteiger partial charge in [-0.3, -0.25) is 4.90 Å². The highest BCUT2D eigenvalue weighted by Gasteiger charge is 2.19. The van der Waals surface area contributed by atoms with Crippen LogP contribution in [-0.4, -0.2) is 24.0 Å². The lowest BCUT2D eigenvalue weighted by Crippen LogP contribution is -2.26. The molecule has 15 heavy (non-hydrogen) atoms. The first kappa shape index (κ1) is 11.2. The maximum atomic E-state index is 6.12. The molecule has 0 radical (unpaired) electrons. The van der Waals surface area contributed by atoms with Gasteiger partial charge in [-0.1, -0.05) is 35.3 Å². The van der Waals surface area contributed by atoms with E-state index in [1.54, 1.807) is 0 Å². The highest BCUT2D eigenvalue weighted by molar-refractivity contribution is 6.42. The van der Waals surface area contributed by atoms with Crippen LogP contribution in [0.2, 0.25) is 10.0 Å². The van der Waals surface area contributed by atoms with E-state index in [0.29, 0.717) is 16.1 Å². The van der Waals surface area contributed by atoms with Crippen molar-refractivity contribution in [3.8, 4) is 0 Å². The minimum absolute atomic E-state index is 0.308. The summed E-state index contributed by atoms with van der Waals surface area (Å²) in [6.45, 7) is 2.83. The van der Waals surface area contributed by atoms with Crippen LogP contribution in [0.1, 0.15) is 12.0 Å².